The number of alkyl halides is 5. The van der Waals surface area contributed by atoms with Gasteiger partial charge < -0.3 is 14.8 Å². The Bertz CT molecular complexity index is 1310. The molecule has 1 aromatic heterocycles. The second-order valence-corrected chi connectivity index (χ2v) is 9.07. The second kappa shape index (κ2) is 10.3. The Balaban J connectivity index is 1.64. The van der Waals surface area contributed by atoms with Gasteiger partial charge in [0.25, 0.3) is 17.7 Å². The van der Waals surface area contributed by atoms with Gasteiger partial charge in [0, 0.05) is 22.0 Å². The molecular weight excluding hydrogens is 577 g/mol. The average molecular weight is 593 g/mol. The Morgan fingerprint density at radius 3 is 2.64 bits per heavy atom. The number of ether oxygens (including phenoxy) is 2. The minimum atomic E-state index is -4.63. The fraction of sp³-hybridized carbons (Fsp3) is 0.261. The number of halogens is 7. The number of carbonyl (C=O) groups is 1. The van der Waals surface area contributed by atoms with Gasteiger partial charge >= 0.3 is 6.18 Å². The second-order valence-electron chi connectivity index (χ2n) is 7.75. The smallest absolute Gasteiger partial charge is 0.416 e. The SMILES string of the molecule is O=C(NCC(F)(F)c1ccc(Br)cc1Cl)c1c(Oc2cccc(C(F)(F)F)c2)nnc2c1COCC2. The molecule has 1 N–H and O–H groups in total. The van der Waals surface area contributed by atoms with Crippen LogP contribution in [0, 0.1) is 0 Å². The van der Waals surface area contributed by atoms with Gasteiger partial charge in [0.2, 0.25) is 0 Å². The van der Waals surface area contributed by atoms with Crippen molar-refractivity contribution in [3.63, 3.8) is 0 Å². The summed E-state index contributed by atoms with van der Waals surface area (Å²) in [6.45, 7) is -0.896. The zero-order valence-electron chi connectivity index (χ0n) is 18.1. The highest BCUT2D eigenvalue weighted by Crippen LogP contribution is 2.36. The molecule has 0 spiro atoms. The summed E-state index contributed by atoms with van der Waals surface area (Å²) in [5.74, 6) is -5.23. The van der Waals surface area contributed by atoms with Crippen LogP contribution in [0.1, 0.15) is 32.7 Å². The van der Waals surface area contributed by atoms with E-state index in [2.05, 4.69) is 31.4 Å². The summed E-state index contributed by atoms with van der Waals surface area (Å²) in [5.41, 5.74) is -1.08. The van der Waals surface area contributed by atoms with Gasteiger partial charge in [-0.05, 0) is 30.3 Å². The first-order valence-corrected chi connectivity index (χ1v) is 11.6. The Hall–Kier alpha value is -2.83. The van der Waals surface area contributed by atoms with E-state index in [0.29, 0.717) is 23.2 Å². The molecule has 0 bridgehead atoms. The first-order valence-electron chi connectivity index (χ1n) is 10.4. The van der Waals surface area contributed by atoms with Crippen molar-refractivity contribution < 1.29 is 36.2 Å². The zero-order valence-corrected chi connectivity index (χ0v) is 20.5. The topological polar surface area (TPSA) is 73.3 Å². The quantitative estimate of drug-likeness (QED) is 0.340. The third kappa shape index (κ3) is 5.76. The molecule has 2 heterocycles. The number of hydrogen-bond donors (Lipinski definition) is 1. The third-order valence-corrected chi connectivity index (χ3v) is 6.06. The van der Waals surface area contributed by atoms with Crippen LogP contribution in [0.5, 0.6) is 11.6 Å². The van der Waals surface area contributed by atoms with Crippen molar-refractivity contribution in [2.45, 2.75) is 25.1 Å². The van der Waals surface area contributed by atoms with E-state index in [9.17, 15) is 26.7 Å². The normalized spacial score (nSPS) is 13.8. The highest BCUT2D eigenvalue weighted by atomic mass is 79.9. The number of carbonyl (C=O) groups excluding carboxylic acids is 1. The van der Waals surface area contributed by atoms with E-state index < -0.39 is 41.6 Å². The summed E-state index contributed by atoms with van der Waals surface area (Å²) < 4.78 is 80.4. The molecule has 0 radical (unpaired) electrons. The molecule has 3 aromatic rings. The van der Waals surface area contributed by atoms with E-state index in [1.165, 1.54) is 18.2 Å². The summed E-state index contributed by atoms with van der Waals surface area (Å²) in [4.78, 5) is 13.1. The van der Waals surface area contributed by atoms with Crippen LogP contribution in [0.3, 0.4) is 0 Å². The lowest BCUT2D eigenvalue weighted by Gasteiger charge is -2.22. The molecule has 0 aliphatic carbocycles. The molecule has 0 atom stereocenters. The van der Waals surface area contributed by atoms with Gasteiger partial charge in [0.05, 0.1) is 36.0 Å². The number of hydrogen-bond acceptors (Lipinski definition) is 5. The molecule has 2 aromatic carbocycles. The molecule has 0 saturated carbocycles. The summed E-state index contributed by atoms with van der Waals surface area (Å²) >= 11 is 9.08. The molecule has 0 fully saturated rings. The summed E-state index contributed by atoms with van der Waals surface area (Å²) in [6.07, 6.45) is -4.33. The number of nitrogens with zero attached hydrogens (tertiary/aromatic N) is 2. The van der Waals surface area contributed by atoms with Gasteiger partial charge in [0.1, 0.15) is 11.3 Å². The number of amides is 1. The Kier molecular flexibility index (Phi) is 7.48. The molecule has 1 aliphatic rings. The van der Waals surface area contributed by atoms with Gasteiger partial charge in [-0.2, -0.15) is 27.1 Å². The van der Waals surface area contributed by atoms with E-state index in [0.717, 1.165) is 24.3 Å². The number of aromatic nitrogens is 2. The fourth-order valence-corrected chi connectivity index (χ4v) is 4.31. The highest BCUT2D eigenvalue weighted by Gasteiger charge is 2.36. The van der Waals surface area contributed by atoms with Crippen LogP contribution in [0.2, 0.25) is 5.02 Å². The van der Waals surface area contributed by atoms with E-state index in [4.69, 9.17) is 21.1 Å². The van der Waals surface area contributed by atoms with Crippen LogP contribution in [0.15, 0.2) is 46.9 Å². The highest BCUT2D eigenvalue weighted by molar-refractivity contribution is 9.10. The van der Waals surface area contributed by atoms with Crippen LogP contribution in [0.25, 0.3) is 0 Å². The lowest BCUT2D eigenvalue weighted by Crippen LogP contribution is -2.36. The Morgan fingerprint density at radius 2 is 1.92 bits per heavy atom. The summed E-state index contributed by atoms with van der Waals surface area (Å²) in [7, 11) is 0. The third-order valence-electron chi connectivity index (χ3n) is 5.25. The van der Waals surface area contributed by atoms with Crippen LogP contribution in [-0.2, 0) is 29.9 Å². The number of fused-ring (bicyclic) bond motifs is 1. The number of rotatable bonds is 6. The molecule has 6 nitrogen and oxygen atoms in total. The van der Waals surface area contributed by atoms with Crippen LogP contribution in [-0.4, -0.2) is 29.3 Å². The van der Waals surface area contributed by atoms with Crippen molar-refractivity contribution in [2.24, 2.45) is 0 Å². The lowest BCUT2D eigenvalue weighted by molar-refractivity contribution is -0.137. The van der Waals surface area contributed by atoms with Crippen molar-refractivity contribution in [3.8, 4) is 11.6 Å². The summed E-state index contributed by atoms with van der Waals surface area (Å²) in [5, 5.41) is 9.77. The van der Waals surface area contributed by atoms with E-state index in [1.807, 2.05) is 0 Å². The first-order chi connectivity index (χ1) is 17.0. The molecule has 4 rings (SSSR count). The largest absolute Gasteiger partial charge is 0.437 e. The molecule has 0 saturated heterocycles. The van der Waals surface area contributed by atoms with Gasteiger partial charge in [0.15, 0.2) is 0 Å². The maximum atomic E-state index is 14.9. The van der Waals surface area contributed by atoms with Gasteiger partial charge in [-0.25, -0.2) is 0 Å². The van der Waals surface area contributed by atoms with Gasteiger partial charge in [-0.3, -0.25) is 4.79 Å². The Morgan fingerprint density at radius 1 is 1.14 bits per heavy atom. The molecule has 13 heteroatoms. The monoisotopic (exact) mass is 591 g/mol. The average Bonchev–Trinajstić information content (AvgIpc) is 2.82. The predicted molar refractivity (Wildman–Crippen MR) is 122 cm³/mol. The molecule has 1 amide bonds. The maximum absolute atomic E-state index is 14.9. The summed E-state index contributed by atoms with van der Waals surface area (Å²) in [6, 6.07) is 7.75. The number of nitrogens with one attached hydrogen (secondary N) is 1. The minimum absolute atomic E-state index is 0.0819. The van der Waals surface area contributed by atoms with Crippen LogP contribution < -0.4 is 10.1 Å². The fourth-order valence-electron chi connectivity index (χ4n) is 3.50. The van der Waals surface area contributed by atoms with E-state index in [-0.39, 0.29) is 28.5 Å². The predicted octanol–water partition coefficient (Wildman–Crippen LogP) is 6.30. The molecule has 190 valence electrons. The van der Waals surface area contributed by atoms with Crippen molar-refractivity contribution >= 4 is 33.4 Å². The number of benzene rings is 2. The minimum Gasteiger partial charge on any atom is -0.437 e. The van der Waals surface area contributed by atoms with Gasteiger partial charge in [-0.15, -0.1) is 5.10 Å². The standard InChI is InChI=1S/C23H16BrClF5N3O3/c24-13-4-5-16(17(25)9-13)22(26,27)11-31-20(34)19-15-10-35-7-6-18(15)32-33-21(19)36-14-3-1-2-12(8-14)23(28,29)30/h1-5,8-9H,6-7,10-11H2,(H,31,34). The Labute approximate surface area is 214 Å². The van der Waals surface area contributed by atoms with Crippen molar-refractivity contribution in [3.05, 3.63) is 79.9 Å². The maximum Gasteiger partial charge on any atom is 0.416 e. The molecule has 0 unspecified atom stereocenters. The van der Waals surface area contributed by atoms with Crippen LogP contribution >= 0.6 is 27.5 Å². The van der Waals surface area contributed by atoms with Gasteiger partial charge in [-0.1, -0.05) is 39.7 Å². The zero-order chi connectivity index (χ0) is 26.1. The lowest BCUT2D eigenvalue weighted by atomic mass is 10.0. The van der Waals surface area contributed by atoms with Crippen molar-refractivity contribution in [1.82, 2.24) is 15.5 Å². The van der Waals surface area contributed by atoms with Crippen LogP contribution in [0.4, 0.5) is 22.0 Å². The molecular formula is C23H16BrClF5N3O3. The van der Waals surface area contributed by atoms with E-state index >= 15 is 0 Å². The molecule has 1 aliphatic heterocycles. The van der Waals surface area contributed by atoms with E-state index in [1.54, 1.807) is 0 Å². The molecule has 36 heavy (non-hydrogen) atoms. The first kappa shape index (κ1) is 26.2. The van der Waals surface area contributed by atoms with Crippen molar-refractivity contribution in [1.29, 1.82) is 0 Å². The van der Waals surface area contributed by atoms with Crippen molar-refractivity contribution in [2.75, 3.05) is 13.2 Å².